The third-order valence-electron chi connectivity index (χ3n) is 1.78. The van der Waals surface area contributed by atoms with E-state index in [0.29, 0.717) is 5.56 Å². The van der Waals surface area contributed by atoms with Crippen molar-refractivity contribution in [1.82, 2.24) is 0 Å². The second-order valence-electron chi connectivity index (χ2n) is 4.21. The lowest BCUT2D eigenvalue weighted by Crippen LogP contribution is -2.11. The average Bonchev–Trinajstić information content (AvgIpc) is 2.26. The zero-order valence-corrected chi connectivity index (χ0v) is 10.6. The van der Waals surface area contributed by atoms with Crippen LogP contribution in [-0.4, -0.2) is 18.2 Å². The zero-order valence-electron chi connectivity index (χ0n) is 10.6. The quantitative estimate of drug-likeness (QED) is 0.584. The molecule has 0 aliphatic rings. The van der Waals surface area contributed by atoms with E-state index in [1.165, 1.54) is 0 Å². The zero-order chi connectivity index (χ0) is 12.8. The molecule has 94 valence electrons. The van der Waals surface area contributed by atoms with E-state index in [1.807, 2.05) is 13.8 Å². The van der Waals surface area contributed by atoms with Crippen molar-refractivity contribution in [2.75, 3.05) is 0 Å². The first-order valence-electron chi connectivity index (χ1n) is 5.63. The molecule has 1 rings (SSSR count). The first-order chi connectivity index (χ1) is 7.99. The SMILES string of the molecule is CC(C)OOC(=O)c1ccc(OC(C)C)cc1. The standard InChI is InChI=1S/C13H18O4/c1-9(2)15-12-7-5-11(6-8-12)13(14)17-16-10(3)4/h5-10H,1-4H3. The van der Waals surface area contributed by atoms with Gasteiger partial charge in [-0.3, -0.25) is 4.89 Å². The number of carbonyl (C=O) groups is 1. The van der Waals surface area contributed by atoms with Crippen molar-refractivity contribution in [1.29, 1.82) is 0 Å². The molecule has 4 heteroatoms. The highest BCUT2D eigenvalue weighted by molar-refractivity contribution is 5.89. The Hall–Kier alpha value is -1.55. The summed E-state index contributed by atoms with van der Waals surface area (Å²) in [5.74, 6) is 0.219. The molecule has 0 fully saturated rings. The van der Waals surface area contributed by atoms with Crippen LogP contribution in [0.15, 0.2) is 24.3 Å². The van der Waals surface area contributed by atoms with Gasteiger partial charge >= 0.3 is 5.97 Å². The van der Waals surface area contributed by atoms with Crippen LogP contribution in [0.2, 0.25) is 0 Å². The van der Waals surface area contributed by atoms with Crippen LogP contribution in [0, 0.1) is 0 Å². The van der Waals surface area contributed by atoms with E-state index in [-0.39, 0.29) is 12.2 Å². The van der Waals surface area contributed by atoms with Gasteiger partial charge in [-0.15, -0.1) is 0 Å². The van der Waals surface area contributed by atoms with Gasteiger partial charge in [0.1, 0.15) is 5.75 Å². The number of hydrogen-bond donors (Lipinski definition) is 0. The number of rotatable bonds is 5. The van der Waals surface area contributed by atoms with Crippen molar-refractivity contribution in [2.24, 2.45) is 0 Å². The lowest BCUT2D eigenvalue weighted by Gasteiger charge is -2.10. The van der Waals surface area contributed by atoms with Gasteiger partial charge in [0, 0.05) is 0 Å². The Labute approximate surface area is 101 Å². The van der Waals surface area contributed by atoms with Gasteiger partial charge in [-0.1, -0.05) is 0 Å². The maximum absolute atomic E-state index is 11.5. The molecule has 0 aromatic heterocycles. The number of hydrogen-bond acceptors (Lipinski definition) is 4. The van der Waals surface area contributed by atoms with Crippen molar-refractivity contribution >= 4 is 5.97 Å². The highest BCUT2D eigenvalue weighted by Crippen LogP contribution is 2.14. The summed E-state index contributed by atoms with van der Waals surface area (Å²) in [6.45, 7) is 7.46. The molecule has 0 atom stereocenters. The minimum atomic E-state index is -0.505. The van der Waals surface area contributed by atoms with Crippen molar-refractivity contribution in [2.45, 2.75) is 39.9 Å². The largest absolute Gasteiger partial charge is 0.491 e. The number of carbonyl (C=O) groups excluding carboxylic acids is 1. The predicted octanol–water partition coefficient (Wildman–Crippen LogP) is 2.97. The van der Waals surface area contributed by atoms with Crippen LogP contribution < -0.4 is 4.74 Å². The van der Waals surface area contributed by atoms with Crippen LogP contribution in [0.1, 0.15) is 38.1 Å². The summed E-state index contributed by atoms with van der Waals surface area (Å²) in [7, 11) is 0. The smallest absolute Gasteiger partial charge is 0.373 e. The molecule has 0 saturated carbocycles. The fourth-order valence-electron chi connectivity index (χ4n) is 1.13. The second-order valence-corrected chi connectivity index (χ2v) is 4.21. The van der Waals surface area contributed by atoms with Crippen molar-refractivity contribution in [3.05, 3.63) is 29.8 Å². The van der Waals surface area contributed by atoms with Gasteiger partial charge in [0.15, 0.2) is 0 Å². The lowest BCUT2D eigenvalue weighted by molar-refractivity contribution is -0.265. The van der Waals surface area contributed by atoms with E-state index in [4.69, 9.17) is 9.62 Å². The van der Waals surface area contributed by atoms with Crippen LogP contribution in [0.3, 0.4) is 0 Å². The second kappa shape index (κ2) is 6.25. The summed E-state index contributed by atoms with van der Waals surface area (Å²) < 4.78 is 5.46. The van der Waals surface area contributed by atoms with Gasteiger partial charge in [-0.05, 0) is 52.0 Å². The van der Waals surface area contributed by atoms with Crippen LogP contribution in [0.5, 0.6) is 5.75 Å². The molecule has 0 spiro atoms. The van der Waals surface area contributed by atoms with Gasteiger partial charge in [0.25, 0.3) is 0 Å². The Kier molecular flexibility index (Phi) is 4.97. The van der Waals surface area contributed by atoms with Gasteiger partial charge in [0.05, 0.1) is 17.8 Å². The molecule has 0 aliphatic heterocycles. The van der Waals surface area contributed by atoms with Crippen molar-refractivity contribution < 1.29 is 19.3 Å². The summed E-state index contributed by atoms with van der Waals surface area (Å²) in [6.07, 6.45) is -0.0421. The molecule has 0 saturated heterocycles. The Balaban J connectivity index is 2.57. The Morgan fingerprint density at radius 2 is 1.59 bits per heavy atom. The van der Waals surface area contributed by atoms with Crippen molar-refractivity contribution in [3.8, 4) is 5.75 Å². The van der Waals surface area contributed by atoms with Gasteiger partial charge in [-0.2, -0.15) is 4.89 Å². The molecule has 4 nitrogen and oxygen atoms in total. The highest BCUT2D eigenvalue weighted by atomic mass is 17.2. The molecule has 0 amide bonds. The normalized spacial score (nSPS) is 10.7. The molecule has 0 radical (unpaired) electrons. The van der Waals surface area contributed by atoms with Crippen LogP contribution in [-0.2, 0) is 9.78 Å². The highest BCUT2D eigenvalue weighted by Gasteiger charge is 2.09. The molecule has 17 heavy (non-hydrogen) atoms. The topological polar surface area (TPSA) is 44.8 Å². The van der Waals surface area contributed by atoms with E-state index < -0.39 is 5.97 Å². The molecule has 0 bridgehead atoms. The van der Waals surface area contributed by atoms with Crippen LogP contribution in [0.25, 0.3) is 0 Å². The lowest BCUT2D eigenvalue weighted by atomic mass is 10.2. The fraction of sp³-hybridized carbons (Fsp3) is 0.462. The maximum atomic E-state index is 11.5. The first-order valence-corrected chi connectivity index (χ1v) is 5.63. The average molecular weight is 238 g/mol. The molecule has 0 heterocycles. The molecular weight excluding hydrogens is 220 g/mol. The van der Waals surface area contributed by atoms with Crippen LogP contribution >= 0.6 is 0 Å². The summed E-state index contributed by atoms with van der Waals surface area (Å²) in [5.41, 5.74) is 0.432. The molecule has 1 aromatic carbocycles. The molecule has 1 aromatic rings. The monoisotopic (exact) mass is 238 g/mol. The van der Waals surface area contributed by atoms with E-state index >= 15 is 0 Å². The minimum absolute atomic E-state index is 0.108. The van der Waals surface area contributed by atoms with E-state index in [0.717, 1.165) is 5.75 Å². The molecule has 0 unspecified atom stereocenters. The minimum Gasteiger partial charge on any atom is -0.491 e. The third-order valence-corrected chi connectivity index (χ3v) is 1.78. The summed E-state index contributed by atoms with van der Waals surface area (Å²) in [4.78, 5) is 20.9. The van der Waals surface area contributed by atoms with Gasteiger partial charge in [0.2, 0.25) is 0 Å². The van der Waals surface area contributed by atoms with E-state index in [2.05, 4.69) is 4.89 Å². The summed E-state index contributed by atoms with van der Waals surface area (Å²) >= 11 is 0. The van der Waals surface area contributed by atoms with Gasteiger partial charge < -0.3 is 4.74 Å². The summed E-state index contributed by atoms with van der Waals surface area (Å²) in [6, 6.07) is 6.74. The Morgan fingerprint density at radius 1 is 1.00 bits per heavy atom. The Morgan fingerprint density at radius 3 is 2.06 bits per heavy atom. The fourth-order valence-corrected chi connectivity index (χ4v) is 1.13. The van der Waals surface area contributed by atoms with E-state index in [1.54, 1.807) is 38.1 Å². The van der Waals surface area contributed by atoms with E-state index in [9.17, 15) is 4.79 Å². The number of benzene rings is 1. The molecule has 0 N–H and O–H groups in total. The van der Waals surface area contributed by atoms with Crippen LogP contribution in [0.4, 0.5) is 0 Å². The molecular formula is C13H18O4. The molecule has 0 aliphatic carbocycles. The maximum Gasteiger partial charge on any atom is 0.373 e. The summed E-state index contributed by atoms with van der Waals surface area (Å²) in [5, 5.41) is 0. The Bertz CT molecular complexity index is 354. The predicted molar refractivity (Wildman–Crippen MR) is 63.8 cm³/mol. The number of ether oxygens (including phenoxy) is 1. The first kappa shape index (κ1) is 13.5. The third kappa shape index (κ3) is 4.87. The van der Waals surface area contributed by atoms with Crippen molar-refractivity contribution in [3.63, 3.8) is 0 Å². The van der Waals surface area contributed by atoms with Gasteiger partial charge in [-0.25, -0.2) is 4.79 Å².